The molecule has 4 nitrogen and oxygen atoms in total. The molecule has 2 atom stereocenters. The highest BCUT2D eigenvalue weighted by Crippen LogP contribution is 2.21. The van der Waals surface area contributed by atoms with Crippen molar-refractivity contribution >= 4 is 17.7 Å². The van der Waals surface area contributed by atoms with E-state index in [1.165, 1.54) is 12.8 Å². The minimum absolute atomic E-state index is 0.178. The molecule has 2 heterocycles. The minimum atomic E-state index is 0.178. The van der Waals surface area contributed by atoms with Crippen LogP contribution in [0.25, 0.3) is 0 Å². The van der Waals surface area contributed by atoms with E-state index in [4.69, 9.17) is 4.74 Å². The van der Waals surface area contributed by atoms with E-state index in [9.17, 15) is 4.79 Å². The van der Waals surface area contributed by atoms with Crippen LogP contribution >= 0.6 is 11.8 Å². The summed E-state index contributed by atoms with van der Waals surface area (Å²) in [6.07, 6.45) is 3.74. The van der Waals surface area contributed by atoms with E-state index in [2.05, 4.69) is 17.6 Å². The molecule has 2 rings (SSSR count). The summed E-state index contributed by atoms with van der Waals surface area (Å²) in [6.45, 7) is 5.89. The van der Waals surface area contributed by atoms with Gasteiger partial charge in [0.05, 0.1) is 11.9 Å². The number of piperidine rings is 1. The summed E-state index contributed by atoms with van der Waals surface area (Å²) in [5, 5.41) is 7.04. The van der Waals surface area contributed by atoms with Crippen LogP contribution < -0.4 is 10.6 Å². The van der Waals surface area contributed by atoms with Gasteiger partial charge in [-0.1, -0.05) is 0 Å². The number of rotatable bonds is 5. The molecule has 0 bridgehead atoms. The first-order valence-corrected chi connectivity index (χ1v) is 8.01. The topological polar surface area (TPSA) is 50.4 Å². The van der Waals surface area contributed by atoms with Crippen molar-refractivity contribution in [3.8, 4) is 0 Å². The second kappa shape index (κ2) is 7.36. The zero-order valence-electron chi connectivity index (χ0n) is 11.1. The number of thioether (sulfide) groups is 1. The van der Waals surface area contributed by atoms with Gasteiger partial charge in [0.25, 0.3) is 0 Å². The highest BCUT2D eigenvalue weighted by Gasteiger charge is 2.24. The Morgan fingerprint density at radius 2 is 2.17 bits per heavy atom. The Morgan fingerprint density at radius 3 is 2.83 bits per heavy atom. The van der Waals surface area contributed by atoms with Gasteiger partial charge in [-0.25, -0.2) is 0 Å². The average molecular weight is 272 g/mol. The Bertz CT molecular complexity index is 270. The van der Waals surface area contributed by atoms with E-state index < -0.39 is 0 Å². The zero-order chi connectivity index (χ0) is 12.8. The van der Waals surface area contributed by atoms with Crippen LogP contribution in [0.3, 0.4) is 0 Å². The highest BCUT2D eigenvalue weighted by atomic mass is 32.2. The lowest BCUT2D eigenvalue weighted by atomic mass is 10.0. The summed E-state index contributed by atoms with van der Waals surface area (Å²) >= 11 is 1.81. The first-order chi connectivity index (χ1) is 8.75. The summed E-state index contributed by atoms with van der Waals surface area (Å²) in [5.41, 5.74) is 0. The zero-order valence-corrected chi connectivity index (χ0v) is 11.9. The summed E-state index contributed by atoms with van der Waals surface area (Å²) in [6, 6.07) is 0. The van der Waals surface area contributed by atoms with E-state index in [-0.39, 0.29) is 5.91 Å². The molecule has 2 aliphatic rings. The van der Waals surface area contributed by atoms with Crippen LogP contribution in [0.4, 0.5) is 0 Å². The summed E-state index contributed by atoms with van der Waals surface area (Å²) in [5.74, 6) is 1.28. The van der Waals surface area contributed by atoms with E-state index in [0.717, 1.165) is 32.7 Å². The molecule has 0 radical (unpaired) electrons. The molecule has 0 aromatic rings. The molecule has 0 aromatic carbocycles. The van der Waals surface area contributed by atoms with Crippen molar-refractivity contribution in [1.29, 1.82) is 0 Å². The van der Waals surface area contributed by atoms with Gasteiger partial charge in [-0.05, 0) is 39.3 Å². The second-order valence-corrected chi connectivity index (χ2v) is 6.48. The number of amides is 1. The number of nitrogens with one attached hydrogen (secondary N) is 2. The smallest absolute Gasteiger partial charge is 0.230 e. The number of carbonyl (C=O) groups is 1. The lowest BCUT2D eigenvalue weighted by molar-refractivity contribution is -0.118. The fourth-order valence-corrected chi connectivity index (χ4v) is 3.55. The molecule has 0 saturated carbocycles. The molecule has 0 aliphatic carbocycles. The molecule has 2 saturated heterocycles. The van der Waals surface area contributed by atoms with Crippen molar-refractivity contribution in [2.24, 2.45) is 5.92 Å². The van der Waals surface area contributed by atoms with Crippen LogP contribution in [-0.2, 0) is 9.53 Å². The Labute approximate surface area is 114 Å². The van der Waals surface area contributed by atoms with Gasteiger partial charge in [0.1, 0.15) is 0 Å². The lowest BCUT2D eigenvalue weighted by Gasteiger charge is -2.22. The normalized spacial score (nSPS) is 29.4. The van der Waals surface area contributed by atoms with Crippen molar-refractivity contribution in [2.45, 2.75) is 37.5 Å². The molecule has 2 N–H and O–H groups in total. The molecule has 5 heteroatoms. The molecule has 104 valence electrons. The van der Waals surface area contributed by atoms with Crippen LogP contribution in [0.5, 0.6) is 0 Å². The van der Waals surface area contributed by atoms with E-state index in [0.29, 0.717) is 23.0 Å². The molecule has 2 fully saturated rings. The van der Waals surface area contributed by atoms with Gasteiger partial charge < -0.3 is 15.4 Å². The maximum absolute atomic E-state index is 11.8. The van der Waals surface area contributed by atoms with Crippen LogP contribution in [0.1, 0.15) is 26.2 Å². The quantitative estimate of drug-likeness (QED) is 0.784. The molecular weight excluding hydrogens is 248 g/mol. The SMILES string of the molecule is CC1OCCC1CNC(=O)CSC1CCNCC1. The molecule has 1 amide bonds. The molecule has 18 heavy (non-hydrogen) atoms. The monoisotopic (exact) mass is 272 g/mol. The number of ether oxygens (including phenoxy) is 1. The molecular formula is C13H24N2O2S. The van der Waals surface area contributed by atoms with Crippen molar-refractivity contribution in [3.05, 3.63) is 0 Å². The largest absolute Gasteiger partial charge is 0.378 e. The molecule has 2 unspecified atom stereocenters. The van der Waals surface area contributed by atoms with Crippen molar-refractivity contribution in [3.63, 3.8) is 0 Å². The second-order valence-electron chi connectivity index (χ2n) is 5.19. The van der Waals surface area contributed by atoms with Crippen LogP contribution in [0.2, 0.25) is 0 Å². The summed E-state index contributed by atoms with van der Waals surface area (Å²) < 4.78 is 5.49. The number of hydrogen-bond acceptors (Lipinski definition) is 4. The first kappa shape index (κ1) is 14.2. The first-order valence-electron chi connectivity index (χ1n) is 6.96. The summed E-state index contributed by atoms with van der Waals surface area (Å²) in [7, 11) is 0. The van der Waals surface area contributed by atoms with Crippen molar-refractivity contribution in [2.75, 3.05) is 32.0 Å². The minimum Gasteiger partial charge on any atom is -0.378 e. The predicted octanol–water partition coefficient (Wildman–Crippen LogP) is 1.01. The van der Waals surface area contributed by atoms with Crippen molar-refractivity contribution in [1.82, 2.24) is 10.6 Å². The maximum atomic E-state index is 11.8. The van der Waals surface area contributed by atoms with Gasteiger partial charge >= 0.3 is 0 Å². The van der Waals surface area contributed by atoms with Gasteiger partial charge in [-0.2, -0.15) is 0 Å². The van der Waals surface area contributed by atoms with Gasteiger partial charge in [0.15, 0.2) is 0 Å². The van der Waals surface area contributed by atoms with Crippen LogP contribution in [-0.4, -0.2) is 49.3 Å². The highest BCUT2D eigenvalue weighted by molar-refractivity contribution is 8.00. The fraction of sp³-hybridized carbons (Fsp3) is 0.923. The Kier molecular flexibility index (Phi) is 5.79. The third kappa shape index (κ3) is 4.44. The van der Waals surface area contributed by atoms with Crippen molar-refractivity contribution < 1.29 is 9.53 Å². The molecule has 2 aliphatic heterocycles. The van der Waals surface area contributed by atoms with E-state index in [1.807, 2.05) is 0 Å². The Balaban J connectivity index is 1.57. The summed E-state index contributed by atoms with van der Waals surface area (Å²) in [4.78, 5) is 11.8. The van der Waals surface area contributed by atoms with Crippen LogP contribution in [0.15, 0.2) is 0 Å². The van der Waals surface area contributed by atoms with E-state index >= 15 is 0 Å². The van der Waals surface area contributed by atoms with Gasteiger partial charge in [0.2, 0.25) is 5.91 Å². The van der Waals surface area contributed by atoms with Gasteiger partial charge in [-0.15, -0.1) is 11.8 Å². The lowest BCUT2D eigenvalue weighted by Crippen LogP contribution is -2.34. The Hall–Kier alpha value is -0.260. The number of hydrogen-bond donors (Lipinski definition) is 2. The van der Waals surface area contributed by atoms with Gasteiger partial charge in [0, 0.05) is 24.3 Å². The van der Waals surface area contributed by atoms with E-state index in [1.54, 1.807) is 11.8 Å². The maximum Gasteiger partial charge on any atom is 0.230 e. The molecule has 0 aromatic heterocycles. The third-order valence-corrected chi connectivity index (χ3v) is 5.20. The average Bonchev–Trinajstić information content (AvgIpc) is 2.81. The molecule has 0 spiro atoms. The third-order valence-electron chi connectivity index (χ3n) is 3.83. The van der Waals surface area contributed by atoms with Gasteiger partial charge in [-0.3, -0.25) is 4.79 Å². The number of carbonyl (C=O) groups excluding carboxylic acids is 1. The van der Waals surface area contributed by atoms with Crippen LogP contribution in [0, 0.1) is 5.92 Å². The standard InChI is InChI=1S/C13H24N2O2S/c1-10-11(4-7-17-10)8-15-13(16)9-18-12-2-5-14-6-3-12/h10-12,14H,2-9H2,1H3,(H,15,16). The predicted molar refractivity (Wildman–Crippen MR) is 74.9 cm³/mol. The Morgan fingerprint density at radius 1 is 1.39 bits per heavy atom. The fourth-order valence-electron chi connectivity index (χ4n) is 2.50.